The van der Waals surface area contributed by atoms with E-state index in [0.29, 0.717) is 23.5 Å². The van der Waals surface area contributed by atoms with Crippen molar-refractivity contribution < 1.29 is 9.59 Å². The van der Waals surface area contributed by atoms with E-state index in [0.717, 1.165) is 0 Å². The summed E-state index contributed by atoms with van der Waals surface area (Å²) < 4.78 is 1.44. The van der Waals surface area contributed by atoms with Gasteiger partial charge in [-0.3, -0.25) is 9.59 Å². The first-order chi connectivity index (χ1) is 9.52. The van der Waals surface area contributed by atoms with Gasteiger partial charge in [0.05, 0.1) is 23.1 Å². The molecule has 1 aromatic heterocycles. The molecule has 2 aromatic rings. The van der Waals surface area contributed by atoms with Crippen LogP contribution in [0.15, 0.2) is 30.6 Å². The molecule has 2 rings (SSSR count). The smallest absolute Gasteiger partial charge is 0.251 e. The van der Waals surface area contributed by atoms with Crippen LogP contribution < -0.4 is 16.8 Å². The molecule has 0 aliphatic rings. The van der Waals surface area contributed by atoms with Gasteiger partial charge in [-0.05, 0) is 25.1 Å². The lowest BCUT2D eigenvalue weighted by Crippen LogP contribution is -2.22. The average molecular weight is 273 g/mol. The van der Waals surface area contributed by atoms with Crippen molar-refractivity contribution in [2.45, 2.75) is 6.92 Å². The van der Waals surface area contributed by atoms with Gasteiger partial charge in [0.2, 0.25) is 0 Å². The van der Waals surface area contributed by atoms with Gasteiger partial charge < -0.3 is 16.8 Å². The minimum Gasteiger partial charge on any atom is -0.397 e. The molecule has 0 unspecified atom stereocenters. The maximum Gasteiger partial charge on any atom is 0.251 e. The third-order valence-electron chi connectivity index (χ3n) is 2.74. The highest BCUT2D eigenvalue weighted by atomic mass is 16.2. The lowest BCUT2D eigenvalue weighted by atomic mass is 10.1. The molecule has 20 heavy (non-hydrogen) atoms. The summed E-state index contributed by atoms with van der Waals surface area (Å²) in [4.78, 5) is 22.7. The van der Waals surface area contributed by atoms with E-state index in [9.17, 15) is 9.59 Å². The molecule has 0 radical (unpaired) electrons. The van der Waals surface area contributed by atoms with Crippen molar-refractivity contribution in [3.8, 4) is 5.69 Å². The Morgan fingerprint density at radius 3 is 2.65 bits per heavy atom. The Bertz CT molecular complexity index is 663. The van der Waals surface area contributed by atoms with Gasteiger partial charge in [-0.1, -0.05) is 0 Å². The Labute approximate surface area is 115 Å². The molecule has 7 nitrogen and oxygen atoms in total. The molecule has 104 valence electrons. The summed E-state index contributed by atoms with van der Waals surface area (Å²) in [6, 6.07) is 4.87. The van der Waals surface area contributed by atoms with Gasteiger partial charge in [0.25, 0.3) is 11.8 Å². The van der Waals surface area contributed by atoms with E-state index in [1.54, 1.807) is 18.2 Å². The maximum absolute atomic E-state index is 11.7. The van der Waals surface area contributed by atoms with Crippen LogP contribution in [0.3, 0.4) is 0 Å². The van der Waals surface area contributed by atoms with E-state index in [1.165, 1.54) is 17.1 Å². The number of nitrogen functional groups attached to an aromatic ring is 1. The van der Waals surface area contributed by atoms with Crippen molar-refractivity contribution in [2.75, 3.05) is 12.3 Å². The molecule has 0 atom stereocenters. The van der Waals surface area contributed by atoms with Crippen molar-refractivity contribution >= 4 is 17.5 Å². The Hall–Kier alpha value is -2.83. The number of carbonyl (C=O) groups excluding carboxylic acids is 2. The highest BCUT2D eigenvalue weighted by molar-refractivity contribution is 5.95. The van der Waals surface area contributed by atoms with Crippen molar-refractivity contribution in [3.05, 3.63) is 41.7 Å². The number of amides is 2. The quantitative estimate of drug-likeness (QED) is 0.695. The maximum atomic E-state index is 11.7. The number of nitrogens with zero attached hydrogens (tertiary/aromatic N) is 2. The average Bonchev–Trinajstić information content (AvgIpc) is 2.88. The standard InChI is InChI=1S/C13H15N5O2/c1-2-16-13(20)8-3-4-11(10(14)5-8)18-7-9(6-17-18)12(15)19/h3-7H,2,14H2,1H3,(H2,15,19)(H,16,20). The van der Waals surface area contributed by atoms with Crippen molar-refractivity contribution in [1.29, 1.82) is 0 Å². The van der Waals surface area contributed by atoms with Crippen molar-refractivity contribution in [3.63, 3.8) is 0 Å². The van der Waals surface area contributed by atoms with Gasteiger partial charge in [0.1, 0.15) is 0 Å². The second kappa shape index (κ2) is 5.43. The van der Waals surface area contributed by atoms with Gasteiger partial charge in [0.15, 0.2) is 0 Å². The van der Waals surface area contributed by atoms with E-state index in [4.69, 9.17) is 11.5 Å². The Kier molecular flexibility index (Phi) is 3.69. The van der Waals surface area contributed by atoms with E-state index >= 15 is 0 Å². The van der Waals surface area contributed by atoms with E-state index in [2.05, 4.69) is 10.4 Å². The zero-order valence-corrected chi connectivity index (χ0v) is 11.0. The number of rotatable bonds is 4. The van der Waals surface area contributed by atoms with Crippen LogP contribution in [-0.4, -0.2) is 28.1 Å². The largest absolute Gasteiger partial charge is 0.397 e. The predicted molar refractivity (Wildman–Crippen MR) is 74.5 cm³/mol. The molecule has 0 saturated heterocycles. The summed E-state index contributed by atoms with van der Waals surface area (Å²) in [5.41, 5.74) is 12.8. The fourth-order valence-electron chi connectivity index (χ4n) is 1.75. The normalized spacial score (nSPS) is 10.2. The Morgan fingerprint density at radius 1 is 1.35 bits per heavy atom. The summed E-state index contributed by atoms with van der Waals surface area (Å²) >= 11 is 0. The third kappa shape index (κ3) is 2.61. The molecule has 2 amide bonds. The molecule has 0 bridgehead atoms. The summed E-state index contributed by atoms with van der Waals surface area (Å²) in [6.07, 6.45) is 2.85. The van der Waals surface area contributed by atoms with E-state index in [1.807, 2.05) is 6.92 Å². The number of anilines is 1. The van der Waals surface area contributed by atoms with Crippen LogP contribution in [0.1, 0.15) is 27.6 Å². The summed E-state index contributed by atoms with van der Waals surface area (Å²) in [7, 11) is 0. The molecule has 0 aliphatic heterocycles. The molecule has 0 fully saturated rings. The second-order valence-corrected chi connectivity index (χ2v) is 4.17. The summed E-state index contributed by atoms with van der Waals surface area (Å²) in [5.74, 6) is -0.752. The molecule has 5 N–H and O–H groups in total. The van der Waals surface area contributed by atoms with Crippen LogP contribution in [0, 0.1) is 0 Å². The first kappa shape index (κ1) is 13.6. The van der Waals surface area contributed by atoms with E-state index < -0.39 is 5.91 Å². The lowest BCUT2D eigenvalue weighted by molar-refractivity contribution is 0.0954. The Balaban J connectivity index is 2.33. The highest BCUT2D eigenvalue weighted by Crippen LogP contribution is 2.18. The van der Waals surface area contributed by atoms with Gasteiger partial charge >= 0.3 is 0 Å². The van der Waals surface area contributed by atoms with Crippen LogP contribution in [0.2, 0.25) is 0 Å². The zero-order chi connectivity index (χ0) is 14.7. The molecule has 0 spiro atoms. The number of aromatic nitrogens is 2. The Morgan fingerprint density at radius 2 is 2.10 bits per heavy atom. The second-order valence-electron chi connectivity index (χ2n) is 4.17. The number of nitrogens with two attached hydrogens (primary N) is 2. The number of carbonyl (C=O) groups is 2. The van der Waals surface area contributed by atoms with Crippen LogP contribution in [0.5, 0.6) is 0 Å². The summed E-state index contributed by atoms with van der Waals surface area (Å²) in [5, 5.41) is 6.70. The van der Waals surface area contributed by atoms with Crippen molar-refractivity contribution in [2.24, 2.45) is 5.73 Å². The van der Waals surface area contributed by atoms with Crippen LogP contribution in [0.4, 0.5) is 5.69 Å². The first-order valence-electron chi connectivity index (χ1n) is 6.05. The molecule has 0 aliphatic carbocycles. The van der Waals surface area contributed by atoms with Crippen LogP contribution in [-0.2, 0) is 0 Å². The van der Waals surface area contributed by atoms with Crippen molar-refractivity contribution in [1.82, 2.24) is 15.1 Å². The van der Waals surface area contributed by atoms with Gasteiger partial charge in [-0.2, -0.15) is 5.10 Å². The van der Waals surface area contributed by atoms with Crippen LogP contribution >= 0.6 is 0 Å². The minimum atomic E-state index is -0.561. The monoisotopic (exact) mass is 273 g/mol. The lowest BCUT2D eigenvalue weighted by Gasteiger charge is -2.08. The van der Waals surface area contributed by atoms with Gasteiger partial charge in [-0.25, -0.2) is 4.68 Å². The third-order valence-corrected chi connectivity index (χ3v) is 2.74. The highest BCUT2D eigenvalue weighted by Gasteiger charge is 2.10. The molecule has 1 aromatic carbocycles. The molecule has 1 heterocycles. The van der Waals surface area contributed by atoms with Gasteiger partial charge in [-0.15, -0.1) is 0 Å². The zero-order valence-electron chi connectivity index (χ0n) is 11.0. The first-order valence-corrected chi connectivity index (χ1v) is 6.05. The SMILES string of the molecule is CCNC(=O)c1ccc(-n2cc(C(N)=O)cn2)c(N)c1. The fourth-order valence-corrected chi connectivity index (χ4v) is 1.75. The number of hydrogen-bond donors (Lipinski definition) is 3. The number of nitrogens with one attached hydrogen (secondary N) is 1. The van der Waals surface area contributed by atoms with Gasteiger partial charge in [0, 0.05) is 18.3 Å². The number of primary amides is 1. The minimum absolute atomic E-state index is 0.191. The number of benzene rings is 1. The van der Waals surface area contributed by atoms with E-state index in [-0.39, 0.29) is 11.5 Å². The molecular weight excluding hydrogens is 258 g/mol. The molecular formula is C13H15N5O2. The topological polar surface area (TPSA) is 116 Å². The number of hydrogen-bond acceptors (Lipinski definition) is 4. The predicted octanol–water partition coefficient (Wildman–Crippen LogP) is 0.303. The summed E-state index contributed by atoms with van der Waals surface area (Å²) in [6.45, 7) is 2.38. The van der Waals surface area contributed by atoms with Crippen LogP contribution in [0.25, 0.3) is 5.69 Å². The molecule has 0 saturated carbocycles. The molecule has 7 heteroatoms. The fraction of sp³-hybridized carbons (Fsp3) is 0.154.